The van der Waals surface area contributed by atoms with Crippen molar-refractivity contribution in [2.24, 2.45) is 0 Å². The molecule has 0 aliphatic rings. The molecular weight excluding hydrogens is 212 g/mol. The molecule has 0 radical (unpaired) electrons. The molecule has 1 heterocycles. The van der Waals surface area contributed by atoms with Crippen molar-refractivity contribution in [1.82, 2.24) is 10.2 Å². The summed E-state index contributed by atoms with van der Waals surface area (Å²) in [6, 6.07) is 11.8. The summed E-state index contributed by atoms with van der Waals surface area (Å²) >= 11 is 0. The van der Waals surface area contributed by atoms with Crippen LogP contribution in [-0.2, 0) is 5.60 Å². The Balaban J connectivity index is 2.45. The monoisotopic (exact) mass is 228 g/mol. The SMILES string of the molecule is Cc1cc(-c2ccccc2)nnc1C(C)(C)O. The number of hydrogen-bond donors (Lipinski definition) is 1. The first-order valence-corrected chi connectivity index (χ1v) is 5.61. The van der Waals surface area contributed by atoms with Gasteiger partial charge >= 0.3 is 0 Å². The highest BCUT2D eigenvalue weighted by Crippen LogP contribution is 2.23. The van der Waals surface area contributed by atoms with E-state index in [2.05, 4.69) is 10.2 Å². The van der Waals surface area contributed by atoms with Crippen molar-refractivity contribution < 1.29 is 5.11 Å². The highest BCUT2D eigenvalue weighted by Gasteiger charge is 2.21. The van der Waals surface area contributed by atoms with Gasteiger partial charge in [0.1, 0.15) is 5.60 Å². The fourth-order valence-electron chi connectivity index (χ4n) is 1.84. The zero-order chi connectivity index (χ0) is 12.5. The van der Waals surface area contributed by atoms with Gasteiger partial charge in [-0.05, 0) is 32.4 Å². The lowest BCUT2D eigenvalue weighted by Crippen LogP contribution is -2.20. The van der Waals surface area contributed by atoms with Gasteiger partial charge in [-0.3, -0.25) is 0 Å². The molecule has 0 unspecified atom stereocenters. The van der Waals surface area contributed by atoms with Gasteiger partial charge in [0.2, 0.25) is 0 Å². The van der Waals surface area contributed by atoms with Crippen LogP contribution in [0.1, 0.15) is 25.1 Å². The topological polar surface area (TPSA) is 46.0 Å². The average molecular weight is 228 g/mol. The van der Waals surface area contributed by atoms with E-state index in [0.29, 0.717) is 5.69 Å². The summed E-state index contributed by atoms with van der Waals surface area (Å²) in [5.74, 6) is 0. The normalized spacial score (nSPS) is 11.5. The Morgan fingerprint density at radius 2 is 1.71 bits per heavy atom. The van der Waals surface area contributed by atoms with Crippen LogP contribution < -0.4 is 0 Å². The van der Waals surface area contributed by atoms with Crippen molar-refractivity contribution in [3.8, 4) is 11.3 Å². The van der Waals surface area contributed by atoms with Gasteiger partial charge in [0, 0.05) is 5.56 Å². The Morgan fingerprint density at radius 3 is 2.24 bits per heavy atom. The van der Waals surface area contributed by atoms with Crippen LogP contribution in [-0.4, -0.2) is 15.3 Å². The first-order chi connectivity index (χ1) is 7.98. The summed E-state index contributed by atoms with van der Waals surface area (Å²) in [4.78, 5) is 0. The molecule has 2 aromatic rings. The van der Waals surface area contributed by atoms with Crippen molar-refractivity contribution in [2.45, 2.75) is 26.4 Å². The maximum atomic E-state index is 9.93. The first-order valence-electron chi connectivity index (χ1n) is 5.61. The minimum absolute atomic E-state index is 0.622. The van der Waals surface area contributed by atoms with E-state index in [1.807, 2.05) is 43.3 Å². The molecule has 0 aliphatic carbocycles. The molecule has 0 saturated carbocycles. The maximum Gasteiger partial charge on any atom is 0.103 e. The van der Waals surface area contributed by atoms with Gasteiger partial charge in [-0.25, -0.2) is 0 Å². The molecule has 0 amide bonds. The zero-order valence-corrected chi connectivity index (χ0v) is 10.3. The molecule has 1 aromatic heterocycles. The third kappa shape index (κ3) is 2.50. The van der Waals surface area contributed by atoms with Gasteiger partial charge in [0.05, 0.1) is 11.4 Å². The number of aliphatic hydroxyl groups is 1. The fourth-order valence-corrected chi connectivity index (χ4v) is 1.84. The van der Waals surface area contributed by atoms with Crippen LogP contribution in [0, 0.1) is 6.92 Å². The molecular formula is C14H16N2O. The summed E-state index contributed by atoms with van der Waals surface area (Å²) in [5.41, 5.74) is 2.48. The van der Waals surface area contributed by atoms with Crippen molar-refractivity contribution in [1.29, 1.82) is 0 Å². The minimum atomic E-state index is -0.952. The van der Waals surface area contributed by atoms with E-state index in [4.69, 9.17) is 0 Å². The van der Waals surface area contributed by atoms with E-state index in [-0.39, 0.29) is 0 Å². The highest BCUT2D eigenvalue weighted by molar-refractivity contribution is 5.59. The average Bonchev–Trinajstić information content (AvgIpc) is 2.28. The molecule has 2 rings (SSSR count). The van der Waals surface area contributed by atoms with E-state index in [0.717, 1.165) is 16.8 Å². The van der Waals surface area contributed by atoms with Gasteiger partial charge in [-0.15, -0.1) is 0 Å². The first kappa shape index (κ1) is 11.7. The maximum absolute atomic E-state index is 9.93. The summed E-state index contributed by atoms with van der Waals surface area (Å²) in [6.07, 6.45) is 0. The molecule has 88 valence electrons. The smallest absolute Gasteiger partial charge is 0.103 e. The zero-order valence-electron chi connectivity index (χ0n) is 10.3. The molecule has 0 spiro atoms. The summed E-state index contributed by atoms with van der Waals surface area (Å²) in [7, 11) is 0. The number of aryl methyl sites for hydroxylation is 1. The summed E-state index contributed by atoms with van der Waals surface area (Å²) < 4.78 is 0. The molecule has 3 nitrogen and oxygen atoms in total. The van der Waals surface area contributed by atoms with Crippen LogP contribution in [0.3, 0.4) is 0 Å². The number of rotatable bonds is 2. The standard InChI is InChI=1S/C14H16N2O/c1-10-9-12(11-7-5-4-6-8-11)15-16-13(10)14(2,3)17/h4-9,17H,1-3H3. The molecule has 17 heavy (non-hydrogen) atoms. The molecule has 1 N–H and O–H groups in total. The fraction of sp³-hybridized carbons (Fsp3) is 0.286. The van der Waals surface area contributed by atoms with Crippen LogP contribution in [0.4, 0.5) is 0 Å². The van der Waals surface area contributed by atoms with E-state index >= 15 is 0 Å². The predicted molar refractivity (Wildman–Crippen MR) is 67.4 cm³/mol. The minimum Gasteiger partial charge on any atom is -0.384 e. The second-order valence-electron chi connectivity index (χ2n) is 4.69. The molecule has 0 fully saturated rings. The van der Waals surface area contributed by atoms with E-state index in [1.54, 1.807) is 13.8 Å². The Bertz CT molecular complexity index is 515. The van der Waals surface area contributed by atoms with Crippen LogP contribution in [0.25, 0.3) is 11.3 Å². The van der Waals surface area contributed by atoms with Gasteiger partial charge in [-0.1, -0.05) is 30.3 Å². The van der Waals surface area contributed by atoms with Crippen molar-refractivity contribution in [3.63, 3.8) is 0 Å². The lowest BCUT2D eigenvalue weighted by atomic mass is 9.99. The second kappa shape index (κ2) is 4.26. The lowest BCUT2D eigenvalue weighted by Gasteiger charge is -2.18. The Kier molecular flexibility index (Phi) is 2.94. The Labute approximate surface area is 101 Å². The molecule has 0 saturated heterocycles. The quantitative estimate of drug-likeness (QED) is 0.859. The lowest BCUT2D eigenvalue weighted by molar-refractivity contribution is 0.0721. The third-order valence-electron chi connectivity index (χ3n) is 2.63. The predicted octanol–water partition coefficient (Wildman–Crippen LogP) is 2.68. The van der Waals surface area contributed by atoms with Gasteiger partial charge < -0.3 is 5.11 Å². The second-order valence-corrected chi connectivity index (χ2v) is 4.69. The Hall–Kier alpha value is -1.74. The number of hydrogen-bond acceptors (Lipinski definition) is 3. The molecule has 3 heteroatoms. The molecule has 1 aromatic carbocycles. The largest absolute Gasteiger partial charge is 0.384 e. The van der Waals surface area contributed by atoms with E-state index in [1.165, 1.54) is 0 Å². The van der Waals surface area contributed by atoms with Gasteiger partial charge in [0.15, 0.2) is 0 Å². The number of nitrogens with zero attached hydrogens (tertiary/aromatic N) is 2. The van der Waals surface area contributed by atoms with Crippen molar-refractivity contribution in [3.05, 3.63) is 47.7 Å². The van der Waals surface area contributed by atoms with Crippen LogP contribution in [0.5, 0.6) is 0 Å². The molecule has 0 aliphatic heterocycles. The van der Waals surface area contributed by atoms with Gasteiger partial charge in [-0.2, -0.15) is 10.2 Å². The van der Waals surface area contributed by atoms with Crippen molar-refractivity contribution in [2.75, 3.05) is 0 Å². The summed E-state index contributed by atoms with van der Waals surface area (Å²) in [6.45, 7) is 5.37. The Morgan fingerprint density at radius 1 is 1.06 bits per heavy atom. The number of benzene rings is 1. The summed E-state index contributed by atoms with van der Waals surface area (Å²) in [5, 5.41) is 18.2. The molecule has 0 atom stereocenters. The van der Waals surface area contributed by atoms with Crippen LogP contribution in [0.15, 0.2) is 36.4 Å². The van der Waals surface area contributed by atoms with Crippen LogP contribution >= 0.6 is 0 Å². The van der Waals surface area contributed by atoms with Crippen LogP contribution in [0.2, 0.25) is 0 Å². The highest BCUT2D eigenvalue weighted by atomic mass is 16.3. The van der Waals surface area contributed by atoms with Gasteiger partial charge in [0.25, 0.3) is 0 Å². The third-order valence-corrected chi connectivity index (χ3v) is 2.63. The van der Waals surface area contributed by atoms with Crippen molar-refractivity contribution >= 4 is 0 Å². The molecule has 0 bridgehead atoms. The van der Waals surface area contributed by atoms with E-state index < -0.39 is 5.60 Å². The number of aromatic nitrogens is 2. The van der Waals surface area contributed by atoms with E-state index in [9.17, 15) is 5.11 Å².